The number of ether oxygens (including phenoxy) is 2. The third-order valence-corrected chi connectivity index (χ3v) is 6.52. The molecule has 2 aliphatic heterocycles. The molecule has 6 nitrogen and oxygen atoms in total. The van der Waals surface area contributed by atoms with Crippen LogP contribution in [0.15, 0.2) is 36.5 Å². The number of carbonyl (C=O) groups is 1. The van der Waals surface area contributed by atoms with Gasteiger partial charge in [-0.15, -0.1) is 0 Å². The number of pyridine rings is 1. The molecular weight excluding hydrogens is 428 g/mol. The molecule has 1 aromatic carbocycles. The van der Waals surface area contributed by atoms with Gasteiger partial charge in [0.1, 0.15) is 12.4 Å². The van der Waals surface area contributed by atoms with Gasteiger partial charge in [-0.25, -0.2) is 8.78 Å². The Kier molecular flexibility index (Phi) is 7.88. The largest absolute Gasteiger partial charge is 0.489 e. The molecule has 0 aliphatic carbocycles. The van der Waals surface area contributed by atoms with Gasteiger partial charge >= 0.3 is 0 Å². The Labute approximate surface area is 193 Å². The van der Waals surface area contributed by atoms with Crippen molar-refractivity contribution in [3.63, 3.8) is 0 Å². The van der Waals surface area contributed by atoms with Gasteiger partial charge in [-0.3, -0.25) is 14.7 Å². The van der Waals surface area contributed by atoms with Crippen LogP contribution in [-0.4, -0.2) is 66.2 Å². The van der Waals surface area contributed by atoms with Gasteiger partial charge in [0.05, 0.1) is 24.0 Å². The van der Waals surface area contributed by atoms with E-state index in [1.165, 1.54) is 30.5 Å². The van der Waals surface area contributed by atoms with E-state index in [9.17, 15) is 13.6 Å². The Balaban J connectivity index is 1.56. The molecule has 33 heavy (non-hydrogen) atoms. The number of aromatic nitrogens is 1. The highest BCUT2D eigenvalue weighted by Crippen LogP contribution is 2.28. The number of amides is 1. The molecule has 1 aromatic heterocycles. The molecule has 0 saturated carbocycles. The van der Waals surface area contributed by atoms with Crippen LogP contribution < -0.4 is 4.74 Å². The molecule has 0 spiro atoms. The first kappa shape index (κ1) is 23.6. The second-order valence-corrected chi connectivity index (χ2v) is 8.72. The number of nitrogens with zero attached hydrogens (tertiary/aromatic N) is 3. The lowest BCUT2D eigenvalue weighted by Crippen LogP contribution is -2.51. The van der Waals surface area contributed by atoms with Crippen molar-refractivity contribution in [2.24, 2.45) is 0 Å². The van der Waals surface area contributed by atoms with Crippen molar-refractivity contribution in [1.82, 2.24) is 14.8 Å². The quantitative estimate of drug-likeness (QED) is 0.693. The van der Waals surface area contributed by atoms with Crippen molar-refractivity contribution in [2.75, 3.05) is 33.4 Å². The van der Waals surface area contributed by atoms with E-state index in [-0.39, 0.29) is 36.2 Å². The molecule has 4 rings (SSSR count). The second-order valence-electron chi connectivity index (χ2n) is 8.72. The summed E-state index contributed by atoms with van der Waals surface area (Å²) in [7, 11) is 1.70. The van der Waals surface area contributed by atoms with Gasteiger partial charge in [-0.2, -0.15) is 0 Å². The monoisotopic (exact) mass is 459 g/mol. The van der Waals surface area contributed by atoms with Gasteiger partial charge in [-0.05, 0) is 62.6 Å². The summed E-state index contributed by atoms with van der Waals surface area (Å²) in [6, 6.07) is 7.39. The van der Waals surface area contributed by atoms with Gasteiger partial charge in [0.2, 0.25) is 0 Å². The van der Waals surface area contributed by atoms with E-state index in [4.69, 9.17) is 9.47 Å². The number of fused-ring (bicyclic) bond motifs is 3. The Bertz CT molecular complexity index is 941. The summed E-state index contributed by atoms with van der Waals surface area (Å²) >= 11 is 0. The zero-order valence-electron chi connectivity index (χ0n) is 19.0. The highest BCUT2D eigenvalue weighted by atomic mass is 19.1. The van der Waals surface area contributed by atoms with Crippen LogP contribution in [0.2, 0.25) is 0 Å². The molecule has 0 radical (unpaired) electrons. The van der Waals surface area contributed by atoms with Gasteiger partial charge in [0, 0.05) is 32.3 Å². The summed E-state index contributed by atoms with van der Waals surface area (Å²) in [5.41, 5.74) is 1.20. The maximum Gasteiger partial charge on any atom is 0.254 e. The van der Waals surface area contributed by atoms with Crippen molar-refractivity contribution in [2.45, 2.75) is 50.8 Å². The van der Waals surface area contributed by atoms with Crippen molar-refractivity contribution in [1.29, 1.82) is 0 Å². The summed E-state index contributed by atoms with van der Waals surface area (Å²) in [4.78, 5) is 21.6. The number of methoxy groups -OCH3 is 1. The number of rotatable bonds is 3. The SMILES string of the molecule is CO[C@@H]1CCCN2C(=O)c3ccc(F)c(c3)OCCN(Cc3ccc(F)cn3)CCCC[C@H]12. The third kappa shape index (κ3) is 5.86. The van der Waals surface area contributed by atoms with Crippen LogP contribution in [0.25, 0.3) is 0 Å². The van der Waals surface area contributed by atoms with Gasteiger partial charge in [-0.1, -0.05) is 6.42 Å². The zero-order chi connectivity index (χ0) is 23.2. The normalized spacial score (nSPS) is 22.9. The zero-order valence-corrected chi connectivity index (χ0v) is 19.0. The number of halogens is 2. The van der Waals surface area contributed by atoms with E-state index in [2.05, 4.69) is 9.88 Å². The first-order valence-electron chi connectivity index (χ1n) is 11.6. The number of piperidine rings is 1. The molecule has 178 valence electrons. The van der Waals surface area contributed by atoms with Crippen molar-refractivity contribution in [3.8, 4) is 5.75 Å². The number of hydrogen-bond acceptors (Lipinski definition) is 5. The molecule has 1 saturated heterocycles. The molecule has 0 N–H and O–H groups in total. The fraction of sp³-hybridized carbons (Fsp3) is 0.520. The molecule has 2 bridgehead atoms. The van der Waals surface area contributed by atoms with Gasteiger partial charge < -0.3 is 14.4 Å². The van der Waals surface area contributed by atoms with E-state index in [1.54, 1.807) is 13.2 Å². The smallest absolute Gasteiger partial charge is 0.254 e. The fourth-order valence-corrected chi connectivity index (χ4v) is 4.78. The molecule has 1 amide bonds. The predicted octanol–water partition coefficient (Wildman–Crippen LogP) is 4.04. The lowest BCUT2D eigenvalue weighted by atomic mass is 9.93. The highest BCUT2D eigenvalue weighted by molar-refractivity contribution is 5.95. The minimum atomic E-state index is -0.490. The van der Waals surface area contributed by atoms with Crippen LogP contribution in [0.1, 0.15) is 48.2 Å². The first-order chi connectivity index (χ1) is 16.0. The number of carbonyl (C=O) groups excluding carboxylic acids is 1. The van der Waals surface area contributed by atoms with Gasteiger partial charge in [0.25, 0.3) is 5.91 Å². The van der Waals surface area contributed by atoms with E-state index in [0.29, 0.717) is 25.2 Å². The summed E-state index contributed by atoms with van der Waals surface area (Å²) in [6.45, 7) is 2.85. The van der Waals surface area contributed by atoms with E-state index >= 15 is 0 Å². The molecular formula is C25H31F2N3O3. The Hall–Kier alpha value is -2.58. The average molecular weight is 460 g/mol. The molecule has 1 fully saturated rings. The molecule has 2 aromatic rings. The molecule has 2 atom stereocenters. The van der Waals surface area contributed by atoms with Crippen LogP contribution in [0, 0.1) is 11.6 Å². The van der Waals surface area contributed by atoms with Crippen LogP contribution in [0.4, 0.5) is 8.78 Å². The third-order valence-electron chi connectivity index (χ3n) is 6.52. The lowest BCUT2D eigenvalue weighted by Gasteiger charge is -2.41. The fourth-order valence-electron chi connectivity index (χ4n) is 4.78. The summed E-state index contributed by atoms with van der Waals surface area (Å²) < 4.78 is 39.1. The summed E-state index contributed by atoms with van der Waals surface area (Å²) in [6.07, 6.45) is 5.72. The highest BCUT2D eigenvalue weighted by Gasteiger charge is 2.34. The minimum absolute atomic E-state index is 0.00806. The second kappa shape index (κ2) is 11.0. The number of hydrogen-bond donors (Lipinski definition) is 0. The summed E-state index contributed by atoms with van der Waals surface area (Å²) in [5.74, 6) is -0.879. The standard InChI is InChI=1S/C25H31F2N3O3/c1-32-23-6-4-12-30-22(23)5-2-3-11-29(17-20-9-8-19(26)16-28-20)13-14-33-24-15-18(25(30)31)7-10-21(24)27/h7-10,15-16,22-23H,2-6,11-14,17H2,1H3/t22-,23-/m1/s1. The van der Waals surface area contributed by atoms with Crippen molar-refractivity contribution >= 4 is 5.91 Å². The van der Waals surface area contributed by atoms with Gasteiger partial charge in [0.15, 0.2) is 11.6 Å². The van der Waals surface area contributed by atoms with Crippen LogP contribution in [0.3, 0.4) is 0 Å². The van der Waals surface area contributed by atoms with Crippen molar-refractivity contribution in [3.05, 3.63) is 59.4 Å². The maximum atomic E-state index is 14.4. The predicted molar refractivity (Wildman–Crippen MR) is 120 cm³/mol. The molecule has 8 heteroatoms. The van der Waals surface area contributed by atoms with Crippen molar-refractivity contribution < 1.29 is 23.0 Å². The Morgan fingerprint density at radius 2 is 1.97 bits per heavy atom. The average Bonchev–Trinajstić information content (AvgIpc) is 2.83. The van der Waals surface area contributed by atoms with Crippen LogP contribution >= 0.6 is 0 Å². The maximum absolute atomic E-state index is 14.4. The van der Waals surface area contributed by atoms with E-state index < -0.39 is 5.82 Å². The molecule has 0 unspecified atom stereocenters. The van der Waals surface area contributed by atoms with E-state index in [1.807, 2.05) is 4.90 Å². The van der Waals surface area contributed by atoms with Crippen LogP contribution in [-0.2, 0) is 11.3 Å². The molecule has 2 aliphatic rings. The van der Waals surface area contributed by atoms with E-state index in [0.717, 1.165) is 44.3 Å². The number of benzene rings is 1. The Morgan fingerprint density at radius 3 is 2.76 bits per heavy atom. The Morgan fingerprint density at radius 1 is 1.09 bits per heavy atom. The van der Waals surface area contributed by atoms with Crippen LogP contribution in [0.5, 0.6) is 5.75 Å². The summed E-state index contributed by atoms with van der Waals surface area (Å²) in [5, 5.41) is 0. The topological polar surface area (TPSA) is 54.9 Å². The lowest BCUT2D eigenvalue weighted by molar-refractivity contribution is -0.0156. The molecule has 3 heterocycles. The first-order valence-corrected chi connectivity index (χ1v) is 11.6. The minimum Gasteiger partial charge on any atom is -0.489 e.